The number of hydrogen-bond donors (Lipinski definition) is 1. The van der Waals surface area contributed by atoms with E-state index in [1.54, 1.807) is 12.4 Å². The van der Waals surface area contributed by atoms with Gasteiger partial charge in [0.25, 0.3) is 0 Å². The van der Waals surface area contributed by atoms with Crippen LogP contribution in [0.1, 0.15) is 122 Å². The second-order valence-corrected chi connectivity index (χ2v) is 20.8. The standard InChI is InChI=1S/C42H62N2O.2C9H7NO.Al/c1-4-7-8-9-10-11-14-20-36-31-34(30-35(36)6-3)19-17-22-38-29-33(5-2)28-37(38)21-15-12-13-16-26-43-32-39-24-25-41(45)42-40(39)23-18-27-44-42;2*11-8-5-1-3-7-4-2-6-10-9(7)8;/h5-6,18-19,22-25,27,33-38,43,45H,2-4,7-16,20-21,26,28-32H2,1H3;2*1-6,11H;/q;;;+3/p-3. The van der Waals surface area contributed by atoms with Crippen molar-refractivity contribution in [3.63, 3.8) is 0 Å². The van der Waals surface area contributed by atoms with E-state index in [1.807, 2.05) is 79.0 Å². The van der Waals surface area contributed by atoms with Crippen molar-refractivity contribution < 1.29 is 11.4 Å². The van der Waals surface area contributed by atoms with Crippen LogP contribution in [-0.4, -0.2) is 36.6 Å². The van der Waals surface area contributed by atoms with Gasteiger partial charge in [0.15, 0.2) is 0 Å². The zero-order valence-electron chi connectivity index (χ0n) is 40.6. The Kier molecular flexibility index (Phi) is 18.8. The molecule has 68 heavy (non-hydrogen) atoms. The molecule has 7 nitrogen and oxygen atoms in total. The summed E-state index contributed by atoms with van der Waals surface area (Å²) in [5, 5.41) is 6.73. The molecule has 0 bridgehead atoms. The lowest BCUT2D eigenvalue weighted by molar-refractivity contribution is 0.311. The van der Waals surface area contributed by atoms with Crippen LogP contribution < -0.4 is 16.7 Å². The molecular formula is C60H73AlN4O3. The fourth-order valence-electron chi connectivity index (χ4n) is 11.0. The highest BCUT2D eigenvalue weighted by Crippen LogP contribution is 2.43. The Hall–Kier alpha value is -5.22. The summed E-state index contributed by atoms with van der Waals surface area (Å²) in [4.78, 5) is 14.1. The van der Waals surface area contributed by atoms with Gasteiger partial charge in [0.05, 0.1) is 0 Å². The number of pyridine rings is 3. The Balaban J connectivity index is 0.808. The number of benzene rings is 3. The normalized spacial score (nSPS) is 20.0. The molecule has 3 heterocycles. The van der Waals surface area contributed by atoms with Crippen molar-refractivity contribution in [3.05, 3.63) is 152 Å². The van der Waals surface area contributed by atoms with E-state index < -0.39 is 15.1 Å². The van der Waals surface area contributed by atoms with Gasteiger partial charge < -0.3 is 16.7 Å². The van der Waals surface area contributed by atoms with E-state index in [-0.39, 0.29) is 0 Å². The lowest BCUT2D eigenvalue weighted by atomic mass is 9.90. The van der Waals surface area contributed by atoms with Crippen molar-refractivity contribution in [3.8, 4) is 17.2 Å². The van der Waals surface area contributed by atoms with Crippen LogP contribution >= 0.6 is 0 Å². The summed E-state index contributed by atoms with van der Waals surface area (Å²) >= 11 is -2.98. The van der Waals surface area contributed by atoms with Gasteiger partial charge in [0.1, 0.15) is 33.8 Å². The van der Waals surface area contributed by atoms with Gasteiger partial charge in [0.2, 0.25) is 0 Å². The molecule has 0 radical (unpaired) electrons. The lowest BCUT2D eigenvalue weighted by Crippen LogP contribution is -2.37. The smallest absolute Gasteiger partial charge is 0.576 e. The van der Waals surface area contributed by atoms with Crippen LogP contribution in [0.5, 0.6) is 17.2 Å². The molecule has 1 N–H and O–H groups in total. The zero-order chi connectivity index (χ0) is 46.8. The zero-order valence-corrected chi connectivity index (χ0v) is 41.7. The SMILES string of the molecule is C=CC1CC(C=C=CC2CC(C=C)C(CCCCCCCCC)C2)C(CCCCCCNCc2ccc([O][Al]([O]c3cccc4cccnc34)[O]c3cccc4cccnc34)c3ncccc23)C1. The summed E-state index contributed by atoms with van der Waals surface area (Å²) in [6.45, 7) is 12.4. The van der Waals surface area contributed by atoms with Gasteiger partial charge in [-0.1, -0.05) is 132 Å². The molecule has 8 rings (SSSR count). The third kappa shape index (κ3) is 13.5. The van der Waals surface area contributed by atoms with E-state index in [2.05, 4.69) is 77.5 Å². The highest BCUT2D eigenvalue weighted by molar-refractivity contribution is 6.40. The fourth-order valence-corrected chi connectivity index (χ4v) is 12.3. The summed E-state index contributed by atoms with van der Waals surface area (Å²) in [6.07, 6.45) is 37.1. The number of allylic oxidation sites excluding steroid dienone is 3. The molecule has 0 spiro atoms. The first kappa shape index (κ1) is 49.2. The molecule has 0 saturated heterocycles. The number of fused-ring (bicyclic) bond motifs is 3. The van der Waals surface area contributed by atoms with Crippen molar-refractivity contribution in [2.24, 2.45) is 35.5 Å². The van der Waals surface area contributed by atoms with E-state index >= 15 is 0 Å². The number of rotatable bonds is 27. The molecule has 8 heteroatoms. The molecular weight excluding hydrogens is 852 g/mol. The maximum atomic E-state index is 6.74. The first-order chi connectivity index (χ1) is 33.6. The highest BCUT2D eigenvalue weighted by atomic mass is 27.3. The van der Waals surface area contributed by atoms with Gasteiger partial charge in [0, 0.05) is 41.3 Å². The van der Waals surface area contributed by atoms with Crippen molar-refractivity contribution in [1.29, 1.82) is 0 Å². The monoisotopic (exact) mass is 925 g/mol. The first-order valence-electron chi connectivity index (χ1n) is 26.0. The number of aromatic nitrogens is 3. The summed E-state index contributed by atoms with van der Waals surface area (Å²) in [7, 11) is 0. The molecule has 0 aliphatic heterocycles. The topological polar surface area (TPSA) is 78.4 Å². The fraction of sp³-hybridized carbons (Fsp3) is 0.433. The Morgan fingerprint density at radius 1 is 0.574 bits per heavy atom. The third-order valence-corrected chi connectivity index (χ3v) is 16.0. The molecule has 2 aliphatic carbocycles. The minimum absolute atomic E-state index is 0.610. The number of nitrogens with one attached hydrogen (secondary N) is 1. The molecule has 6 aromatic rings. The van der Waals surface area contributed by atoms with E-state index in [4.69, 9.17) is 16.3 Å². The molecule has 2 fully saturated rings. The number of nitrogens with zero attached hydrogens (tertiary/aromatic N) is 3. The number of para-hydroxylation sites is 2. The van der Waals surface area contributed by atoms with Crippen LogP contribution in [0.4, 0.5) is 0 Å². The van der Waals surface area contributed by atoms with E-state index in [1.165, 1.54) is 108 Å². The van der Waals surface area contributed by atoms with Gasteiger partial charge in [-0.2, -0.15) is 0 Å². The average molecular weight is 925 g/mol. The van der Waals surface area contributed by atoms with Crippen LogP contribution in [0.3, 0.4) is 0 Å². The highest BCUT2D eigenvalue weighted by Gasteiger charge is 2.46. The maximum absolute atomic E-state index is 6.74. The number of unbranched alkanes of at least 4 members (excludes halogenated alkanes) is 9. The molecule has 354 valence electrons. The third-order valence-electron chi connectivity index (χ3n) is 14.7. The Morgan fingerprint density at radius 2 is 1.13 bits per heavy atom. The van der Waals surface area contributed by atoms with Gasteiger partial charge in [-0.05, 0) is 141 Å². The molecule has 3 aromatic carbocycles. The minimum atomic E-state index is -2.98. The van der Waals surface area contributed by atoms with Gasteiger partial charge in [-0.25, -0.2) is 0 Å². The van der Waals surface area contributed by atoms with Crippen molar-refractivity contribution >= 4 is 47.9 Å². The van der Waals surface area contributed by atoms with Crippen LogP contribution in [0.15, 0.2) is 147 Å². The molecule has 2 aliphatic rings. The summed E-state index contributed by atoms with van der Waals surface area (Å²) in [6, 6.07) is 27.9. The van der Waals surface area contributed by atoms with E-state index in [9.17, 15) is 0 Å². The lowest BCUT2D eigenvalue weighted by Gasteiger charge is -2.19. The van der Waals surface area contributed by atoms with Crippen molar-refractivity contribution in [2.45, 2.75) is 123 Å². The molecule has 2 saturated carbocycles. The Bertz CT molecular complexity index is 2520. The molecule has 6 unspecified atom stereocenters. The summed E-state index contributed by atoms with van der Waals surface area (Å²) in [5.41, 5.74) is 7.21. The van der Waals surface area contributed by atoms with Crippen molar-refractivity contribution in [2.75, 3.05) is 6.54 Å². The Labute approximate surface area is 411 Å². The predicted octanol–water partition coefficient (Wildman–Crippen LogP) is 15.4. The minimum Gasteiger partial charge on any atom is -0.576 e. The van der Waals surface area contributed by atoms with Gasteiger partial charge >= 0.3 is 15.1 Å². The van der Waals surface area contributed by atoms with Gasteiger partial charge in [-0.15, -0.1) is 18.9 Å². The number of hydrogen-bond acceptors (Lipinski definition) is 7. The maximum Gasteiger partial charge on any atom is 1.20 e. The molecule has 3 aromatic heterocycles. The van der Waals surface area contributed by atoms with Crippen molar-refractivity contribution in [1.82, 2.24) is 20.3 Å². The quantitative estimate of drug-likeness (QED) is 0.0239. The van der Waals surface area contributed by atoms with Crippen LogP contribution in [0, 0.1) is 35.5 Å². The van der Waals surface area contributed by atoms with Crippen LogP contribution in [0.2, 0.25) is 0 Å². The van der Waals surface area contributed by atoms with E-state index in [0.717, 1.165) is 64.1 Å². The Morgan fingerprint density at radius 3 is 1.79 bits per heavy atom. The molecule has 6 atom stereocenters. The predicted molar refractivity (Wildman–Crippen MR) is 283 cm³/mol. The molecule has 0 amide bonds. The van der Waals surface area contributed by atoms with Crippen LogP contribution in [-0.2, 0) is 6.54 Å². The second kappa shape index (κ2) is 26.0. The first-order valence-corrected chi connectivity index (χ1v) is 27.4. The van der Waals surface area contributed by atoms with E-state index in [0.29, 0.717) is 40.9 Å². The van der Waals surface area contributed by atoms with Crippen LogP contribution in [0.25, 0.3) is 32.7 Å². The summed E-state index contributed by atoms with van der Waals surface area (Å²) in [5.74, 6) is 5.95. The van der Waals surface area contributed by atoms with Gasteiger partial charge in [-0.3, -0.25) is 15.0 Å². The summed E-state index contributed by atoms with van der Waals surface area (Å²) < 4.78 is 20.0. The second-order valence-electron chi connectivity index (χ2n) is 19.5. The largest absolute Gasteiger partial charge is 1.20 e. The average Bonchev–Trinajstić information content (AvgIpc) is 3.97.